The van der Waals surface area contributed by atoms with E-state index in [-0.39, 0.29) is 18.0 Å². The van der Waals surface area contributed by atoms with E-state index in [1.165, 1.54) is 0 Å². The molecule has 0 atom stereocenters. The van der Waals surface area contributed by atoms with E-state index in [1.807, 2.05) is 31.2 Å². The molecule has 4 nitrogen and oxygen atoms in total. The summed E-state index contributed by atoms with van der Waals surface area (Å²) in [5.41, 5.74) is 2.44. The fourth-order valence-electron chi connectivity index (χ4n) is 2.90. The van der Waals surface area contributed by atoms with Crippen LogP contribution in [0.5, 0.6) is 5.75 Å². The van der Waals surface area contributed by atoms with Crippen LogP contribution in [0.2, 0.25) is 0 Å². The summed E-state index contributed by atoms with van der Waals surface area (Å²) in [5.74, 6) is 0.429. The number of benzene rings is 2. The van der Waals surface area contributed by atoms with Crippen LogP contribution in [-0.2, 0) is 6.42 Å². The molecule has 1 heterocycles. The molecule has 26 heavy (non-hydrogen) atoms. The monoisotopic (exact) mass is 414 g/mol. The van der Waals surface area contributed by atoms with Gasteiger partial charge in [-0.15, -0.1) is 0 Å². The minimum absolute atomic E-state index is 0.0765. The van der Waals surface area contributed by atoms with E-state index in [0.717, 1.165) is 33.8 Å². The maximum atomic E-state index is 12.3. The molecule has 0 saturated heterocycles. The number of carbonyl (C=O) groups excluding carboxylic acids is 1. The van der Waals surface area contributed by atoms with Gasteiger partial charge in [-0.1, -0.05) is 41.4 Å². The zero-order chi connectivity index (χ0) is 18.7. The number of carbonyl (C=O) groups is 1. The van der Waals surface area contributed by atoms with Gasteiger partial charge in [0.1, 0.15) is 11.3 Å². The van der Waals surface area contributed by atoms with Gasteiger partial charge in [0.25, 0.3) is 0 Å². The molecule has 3 rings (SSSR count). The standard InChI is InChI=1S/C21H19BrO4/c1-3-4-15-11-20(24)26-21-13(2)19(10-9-17(15)21)25-12-18(23)14-5-7-16(22)8-6-14/h5-11H,3-4,12H2,1-2H3. The van der Waals surface area contributed by atoms with Gasteiger partial charge < -0.3 is 9.15 Å². The Morgan fingerprint density at radius 3 is 2.58 bits per heavy atom. The molecule has 0 spiro atoms. The van der Waals surface area contributed by atoms with E-state index < -0.39 is 0 Å². The number of ketones is 1. The van der Waals surface area contributed by atoms with Crippen molar-refractivity contribution in [3.05, 3.63) is 74.0 Å². The molecule has 0 radical (unpaired) electrons. The van der Waals surface area contributed by atoms with E-state index in [2.05, 4.69) is 22.9 Å². The second kappa shape index (κ2) is 7.87. The van der Waals surface area contributed by atoms with Crippen molar-refractivity contribution < 1.29 is 13.9 Å². The highest BCUT2D eigenvalue weighted by molar-refractivity contribution is 9.10. The topological polar surface area (TPSA) is 56.5 Å². The molecule has 1 aromatic heterocycles. The molecule has 0 saturated carbocycles. The largest absolute Gasteiger partial charge is 0.485 e. The third-order valence-electron chi connectivity index (χ3n) is 4.24. The summed E-state index contributed by atoms with van der Waals surface area (Å²) in [6.07, 6.45) is 1.75. The molecule has 0 aliphatic rings. The average Bonchev–Trinajstić information content (AvgIpc) is 2.62. The molecule has 2 aromatic carbocycles. The van der Waals surface area contributed by atoms with Crippen molar-refractivity contribution in [3.63, 3.8) is 0 Å². The summed E-state index contributed by atoms with van der Waals surface area (Å²) < 4.78 is 12.0. The van der Waals surface area contributed by atoms with Crippen LogP contribution in [0.1, 0.15) is 34.8 Å². The number of ether oxygens (including phenoxy) is 1. The Labute approximate surface area is 159 Å². The number of aryl methyl sites for hydroxylation is 2. The summed E-state index contributed by atoms with van der Waals surface area (Å²) in [5, 5.41) is 0.913. The first-order chi connectivity index (χ1) is 12.5. The Bertz CT molecular complexity index is 1000. The van der Waals surface area contributed by atoms with Crippen LogP contribution in [0.3, 0.4) is 0 Å². The van der Waals surface area contributed by atoms with Crippen molar-refractivity contribution >= 4 is 32.7 Å². The number of hydrogen-bond donors (Lipinski definition) is 0. The molecular weight excluding hydrogens is 396 g/mol. The molecule has 0 unspecified atom stereocenters. The Hall–Kier alpha value is -2.40. The zero-order valence-electron chi connectivity index (χ0n) is 14.7. The van der Waals surface area contributed by atoms with Gasteiger partial charge in [-0.05, 0) is 43.2 Å². The van der Waals surface area contributed by atoms with Crippen LogP contribution in [0, 0.1) is 6.92 Å². The predicted molar refractivity (Wildman–Crippen MR) is 105 cm³/mol. The lowest BCUT2D eigenvalue weighted by molar-refractivity contribution is 0.0921. The third kappa shape index (κ3) is 3.88. The lowest BCUT2D eigenvalue weighted by atomic mass is 10.0. The van der Waals surface area contributed by atoms with Crippen LogP contribution >= 0.6 is 15.9 Å². The van der Waals surface area contributed by atoms with Gasteiger partial charge in [0.15, 0.2) is 12.4 Å². The molecular formula is C21H19BrO4. The fraction of sp³-hybridized carbons (Fsp3) is 0.238. The highest BCUT2D eigenvalue weighted by atomic mass is 79.9. The molecule has 5 heteroatoms. The quantitative estimate of drug-likeness (QED) is 0.416. The summed E-state index contributed by atoms with van der Waals surface area (Å²) >= 11 is 3.35. The summed E-state index contributed by atoms with van der Waals surface area (Å²) in [6.45, 7) is 3.83. The molecule has 0 aliphatic heterocycles. The summed E-state index contributed by atoms with van der Waals surface area (Å²) in [6, 6.07) is 12.4. The average molecular weight is 415 g/mol. The number of Topliss-reactive ketones (excluding diaryl/α,β-unsaturated/α-hetero) is 1. The maximum absolute atomic E-state index is 12.3. The van der Waals surface area contributed by atoms with E-state index >= 15 is 0 Å². The van der Waals surface area contributed by atoms with Gasteiger partial charge in [0.05, 0.1) is 0 Å². The lowest BCUT2D eigenvalue weighted by Crippen LogP contribution is -2.12. The van der Waals surface area contributed by atoms with Gasteiger partial charge in [0.2, 0.25) is 0 Å². The molecule has 0 bridgehead atoms. The normalized spacial score (nSPS) is 10.9. The number of hydrogen-bond acceptors (Lipinski definition) is 4. The number of fused-ring (bicyclic) bond motifs is 1. The van der Waals surface area contributed by atoms with Crippen LogP contribution in [0.25, 0.3) is 11.0 Å². The van der Waals surface area contributed by atoms with E-state index in [4.69, 9.17) is 9.15 Å². The van der Waals surface area contributed by atoms with E-state index in [1.54, 1.807) is 18.2 Å². The van der Waals surface area contributed by atoms with E-state index in [9.17, 15) is 9.59 Å². The number of rotatable bonds is 6. The first-order valence-corrected chi connectivity index (χ1v) is 9.26. The summed E-state index contributed by atoms with van der Waals surface area (Å²) in [4.78, 5) is 24.1. The summed E-state index contributed by atoms with van der Waals surface area (Å²) in [7, 11) is 0. The fourth-order valence-corrected chi connectivity index (χ4v) is 3.17. The molecule has 0 N–H and O–H groups in total. The molecule has 0 amide bonds. The van der Waals surface area contributed by atoms with Crippen molar-refractivity contribution in [1.29, 1.82) is 0 Å². The smallest absolute Gasteiger partial charge is 0.336 e. The maximum Gasteiger partial charge on any atom is 0.336 e. The second-order valence-corrected chi connectivity index (χ2v) is 7.04. The highest BCUT2D eigenvalue weighted by Gasteiger charge is 2.13. The van der Waals surface area contributed by atoms with Crippen molar-refractivity contribution in [1.82, 2.24) is 0 Å². The number of halogens is 1. The Morgan fingerprint density at radius 1 is 1.15 bits per heavy atom. The van der Waals surface area contributed by atoms with Gasteiger partial charge in [-0.2, -0.15) is 0 Å². The SMILES string of the molecule is CCCc1cc(=O)oc2c(C)c(OCC(=O)c3ccc(Br)cc3)ccc12. The van der Waals surface area contributed by atoms with Crippen molar-refractivity contribution in [2.75, 3.05) is 6.61 Å². The van der Waals surface area contributed by atoms with Gasteiger partial charge in [0, 0.05) is 27.1 Å². The van der Waals surface area contributed by atoms with Crippen molar-refractivity contribution in [3.8, 4) is 5.75 Å². The van der Waals surface area contributed by atoms with Gasteiger partial charge in [-0.25, -0.2) is 4.79 Å². The van der Waals surface area contributed by atoms with Crippen LogP contribution in [0.15, 0.2) is 56.1 Å². The first kappa shape index (κ1) is 18.4. The Balaban J connectivity index is 1.86. The third-order valence-corrected chi connectivity index (χ3v) is 4.77. The molecule has 0 fully saturated rings. The van der Waals surface area contributed by atoms with E-state index in [0.29, 0.717) is 16.9 Å². The van der Waals surface area contributed by atoms with Crippen molar-refractivity contribution in [2.24, 2.45) is 0 Å². The molecule has 0 aliphatic carbocycles. The van der Waals surface area contributed by atoms with Crippen LogP contribution in [0.4, 0.5) is 0 Å². The minimum atomic E-state index is -0.368. The Morgan fingerprint density at radius 2 is 1.88 bits per heavy atom. The molecule has 134 valence electrons. The molecule has 3 aromatic rings. The minimum Gasteiger partial charge on any atom is -0.485 e. The van der Waals surface area contributed by atoms with Crippen LogP contribution in [-0.4, -0.2) is 12.4 Å². The first-order valence-electron chi connectivity index (χ1n) is 8.47. The lowest BCUT2D eigenvalue weighted by Gasteiger charge is -2.12. The Kier molecular flexibility index (Phi) is 5.57. The van der Waals surface area contributed by atoms with Crippen molar-refractivity contribution in [2.45, 2.75) is 26.7 Å². The zero-order valence-corrected chi connectivity index (χ0v) is 16.3. The second-order valence-electron chi connectivity index (χ2n) is 6.12. The predicted octanol–water partition coefficient (Wildman–Crippen LogP) is 5.08. The van der Waals surface area contributed by atoms with Crippen LogP contribution < -0.4 is 10.4 Å². The van der Waals surface area contributed by atoms with Gasteiger partial charge >= 0.3 is 5.63 Å². The van der Waals surface area contributed by atoms with Gasteiger partial charge in [-0.3, -0.25) is 4.79 Å². The highest BCUT2D eigenvalue weighted by Crippen LogP contribution is 2.29.